The molecule has 2 heterocycles. The summed E-state index contributed by atoms with van der Waals surface area (Å²) in [4.78, 5) is 18.4. The third kappa shape index (κ3) is 1.86. The fourth-order valence-electron chi connectivity index (χ4n) is 3.23. The molecule has 2 aromatic rings. The lowest BCUT2D eigenvalue weighted by Gasteiger charge is -2.35. The monoisotopic (exact) mass is 309 g/mol. The van der Waals surface area contributed by atoms with Crippen molar-refractivity contribution in [2.75, 3.05) is 13.7 Å². The first-order chi connectivity index (χ1) is 11.3. The minimum absolute atomic E-state index is 0.134. The number of esters is 1. The van der Waals surface area contributed by atoms with Crippen molar-refractivity contribution in [3.05, 3.63) is 65.7 Å². The van der Waals surface area contributed by atoms with Gasteiger partial charge in [0.25, 0.3) is 0 Å². The fraction of sp³-hybridized carbons (Fsp3) is 0.222. The highest BCUT2D eigenvalue weighted by atomic mass is 16.7. The molecule has 0 amide bonds. The second-order valence-electron chi connectivity index (χ2n) is 5.58. The number of para-hydroxylation sites is 1. The van der Waals surface area contributed by atoms with Gasteiger partial charge < -0.3 is 14.3 Å². The molecule has 2 aliphatic heterocycles. The second kappa shape index (κ2) is 5.12. The highest BCUT2D eigenvalue weighted by Crippen LogP contribution is 2.50. The maximum absolute atomic E-state index is 12.7. The summed E-state index contributed by atoms with van der Waals surface area (Å²) in [5, 5.41) is 4.23. The molecular weight excluding hydrogens is 294 g/mol. The van der Waals surface area contributed by atoms with Gasteiger partial charge in [0.05, 0.1) is 7.11 Å². The smallest absolute Gasteiger partial charge is 0.325 e. The summed E-state index contributed by atoms with van der Waals surface area (Å²) in [6, 6.07) is 17.0. The topological polar surface area (TPSA) is 57.1 Å². The van der Waals surface area contributed by atoms with Crippen LogP contribution in [-0.2, 0) is 14.4 Å². The maximum Gasteiger partial charge on any atom is 0.325 e. The van der Waals surface area contributed by atoms with Crippen LogP contribution in [0.15, 0.2) is 59.8 Å². The molecule has 0 saturated heterocycles. The summed E-state index contributed by atoms with van der Waals surface area (Å²) in [5.41, 5.74) is 1.10. The molecule has 116 valence electrons. The molecule has 0 bridgehead atoms. The van der Waals surface area contributed by atoms with Crippen LogP contribution in [0.1, 0.15) is 17.2 Å². The standard InChI is InChI=1S/C18H15NO4/c1-21-17(20)18-11-22-14-10-6-5-9-13(14)15(18)19-23-16(18)12-7-3-2-4-8-12/h2-10,16H,11H2,1H3/t16-,18+/m0/s1. The van der Waals surface area contributed by atoms with E-state index < -0.39 is 17.5 Å². The van der Waals surface area contributed by atoms with Crippen molar-refractivity contribution in [2.45, 2.75) is 6.10 Å². The Bertz CT molecular complexity index is 787. The van der Waals surface area contributed by atoms with Crippen molar-refractivity contribution in [3.8, 4) is 5.75 Å². The first-order valence-electron chi connectivity index (χ1n) is 7.37. The molecule has 0 aliphatic carbocycles. The summed E-state index contributed by atoms with van der Waals surface area (Å²) >= 11 is 0. The summed E-state index contributed by atoms with van der Waals surface area (Å²) < 4.78 is 10.9. The molecule has 0 unspecified atom stereocenters. The Morgan fingerprint density at radius 1 is 1.17 bits per heavy atom. The van der Waals surface area contributed by atoms with E-state index in [1.54, 1.807) is 0 Å². The Hall–Kier alpha value is -2.82. The number of ether oxygens (including phenoxy) is 2. The van der Waals surface area contributed by atoms with Gasteiger partial charge in [0, 0.05) is 5.56 Å². The van der Waals surface area contributed by atoms with Crippen LogP contribution in [-0.4, -0.2) is 25.4 Å². The molecular formula is C18H15NO4. The summed E-state index contributed by atoms with van der Waals surface area (Å²) in [6.45, 7) is 0.134. The number of carbonyl (C=O) groups excluding carboxylic acids is 1. The highest BCUT2D eigenvalue weighted by Gasteiger charge is 2.61. The van der Waals surface area contributed by atoms with E-state index in [9.17, 15) is 4.79 Å². The van der Waals surface area contributed by atoms with Crippen molar-refractivity contribution in [3.63, 3.8) is 0 Å². The Labute approximate surface area is 133 Å². The molecule has 0 radical (unpaired) electrons. The fourth-order valence-corrected chi connectivity index (χ4v) is 3.23. The van der Waals surface area contributed by atoms with Gasteiger partial charge in [-0.15, -0.1) is 0 Å². The van der Waals surface area contributed by atoms with E-state index in [0.29, 0.717) is 11.5 Å². The largest absolute Gasteiger partial charge is 0.491 e. The maximum atomic E-state index is 12.7. The zero-order valence-corrected chi connectivity index (χ0v) is 12.6. The Morgan fingerprint density at radius 3 is 2.70 bits per heavy atom. The van der Waals surface area contributed by atoms with Crippen LogP contribution >= 0.6 is 0 Å². The van der Waals surface area contributed by atoms with Crippen molar-refractivity contribution in [1.82, 2.24) is 0 Å². The number of benzene rings is 2. The number of carbonyl (C=O) groups is 1. The van der Waals surface area contributed by atoms with Gasteiger partial charge in [-0.2, -0.15) is 0 Å². The van der Waals surface area contributed by atoms with Crippen LogP contribution in [0.25, 0.3) is 0 Å². The van der Waals surface area contributed by atoms with E-state index in [0.717, 1.165) is 11.1 Å². The molecule has 0 N–H and O–H groups in total. The van der Waals surface area contributed by atoms with Gasteiger partial charge in [0.2, 0.25) is 0 Å². The van der Waals surface area contributed by atoms with E-state index >= 15 is 0 Å². The molecule has 2 atom stereocenters. The number of fused-ring (bicyclic) bond motifs is 3. The van der Waals surface area contributed by atoms with E-state index in [1.165, 1.54) is 7.11 Å². The molecule has 0 spiro atoms. The van der Waals surface area contributed by atoms with Gasteiger partial charge in [-0.25, -0.2) is 0 Å². The van der Waals surface area contributed by atoms with Crippen LogP contribution in [0.3, 0.4) is 0 Å². The SMILES string of the molecule is COC(=O)[C@]12COc3ccccc3C1=NO[C@H]2c1ccccc1. The molecule has 0 saturated carbocycles. The Morgan fingerprint density at radius 2 is 1.91 bits per heavy atom. The lowest BCUT2D eigenvalue weighted by atomic mass is 9.72. The molecule has 23 heavy (non-hydrogen) atoms. The average Bonchev–Trinajstić information content (AvgIpc) is 3.03. The zero-order chi connectivity index (χ0) is 15.9. The van der Waals surface area contributed by atoms with Crippen LogP contribution in [0.5, 0.6) is 5.75 Å². The van der Waals surface area contributed by atoms with Gasteiger partial charge in [0.1, 0.15) is 18.1 Å². The van der Waals surface area contributed by atoms with Crippen LogP contribution in [0.4, 0.5) is 0 Å². The van der Waals surface area contributed by atoms with Crippen LogP contribution in [0.2, 0.25) is 0 Å². The minimum atomic E-state index is -1.09. The van der Waals surface area contributed by atoms with Crippen LogP contribution in [0, 0.1) is 5.41 Å². The Kier molecular flexibility index (Phi) is 3.08. The van der Waals surface area contributed by atoms with Crippen LogP contribution < -0.4 is 4.74 Å². The van der Waals surface area contributed by atoms with E-state index in [-0.39, 0.29) is 6.61 Å². The van der Waals surface area contributed by atoms with Crippen molar-refractivity contribution >= 4 is 11.7 Å². The molecule has 4 rings (SSSR count). The van der Waals surface area contributed by atoms with E-state index in [4.69, 9.17) is 14.3 Å². The molecule has 0 aromatic heterocycles. The number of nitrogens with zero attached hydrogens (tertiary/aromatic N) is 1. The first-order valence-corrected chi connectivity index (χ1v) is 7.37. The number of oxime groups is 1. The molecule has 5 nitrogen and oxygen atoms in total. The van der Waals surface area contributed by atoms with Gasteiger partial charge in [-0.3, -0.25) is 4.79 Å². The summed E-state index contributed by atoms with van der Waals surface area (Å²) in [6.07, 6.45) is -0.570. The zero-order valence-electron chi connectivity index (χ0n) is 12.6. The Balaban J connectivity index is 1.88. The molecule has 2 aromatic carbocycles. The lowest BCUT2D eigenvalue weighted by molar-refractivity contribution is -0.156. The normalized spacial score (nSPS) is 24.6. The van der Waals surface area contributed by atoms with E-state index in [1.807, 2.05) is 54.6 Å². The lowest BCUT2D eigenvalue weighted by Crippen LogP contribution is -2.49. The van der Waals surface area contributed by atoms with Gasteiger partial charge in [-0.05, 0) is 17.7 Å². The van der Waals surface area contributed by atoms with Crippen molar-refractivity contribution in [1.29, 1.82) is 0 Å². The molecule has 5 heteroatoms. The van der Waals surface area contributed by atoms with E-state index in [2.05, 4.69) is 5.16 Å². The predicted molar refractivity (Wildman–Crippen MR) is 83.2 cm³/mol. The summed E-state index contributed by atoms with van der Waals surface area (Å²) in [7, 11) is 1.37. The quantitative estimate of drug-likeness (QED) is 0.800. The van der Waals surface area contributed by atoms with Crippen molar-refractivity contribution in [2.24, 2.45) is 10.6 Å². The van der Waals surface area contributed by atoms with Crippen molar-refractivity contribution < 1.29 is 19.1 Å². The first kappa shape index (κ1) is 13.8. The number of rotatable bonds is 2. The molecule has 0 fully saturated rings. The highest BCUT2D eigenvalue weighted by molar-refractivity contribution is 6.18. The summed E-state index contributed by atoms with van der Waals surface area (Å²) in [5.74, 6) is 0.292. The van der Waals surface area contributed by atoms with Gasteiger partial charge in [-0.1, -0.05) is 47.6 Å². The second-order valence-corrected chi connectivity index (χ2v) is 5.58. The third-order valence-electron chi connectivity index (χ3n) is 4.37. The molecule has 2 aliphatic rings. The predicted octanol–water partition coefficient (Wildman–Crippen LogP) is 2.71. The number of hydrogen-bond donors (Lipinski definition) is 0. The minimum Gasteiger partial charge on any atom is -0.491 e. The third-order valence-corrected chi connectivity index (χ3v) is 4.37. The van der Waals surface area contributed by atoms with Gasteiger partial charge >= 0.3 is 5.97 Å². The average molecular weight is 309 g/mol. The number of methoxy groups -OCH3 is 1. The van der Waals surface area contributed by atoms with Gasteiger partial charge in [0.15, 0.2) is 11.5 Å². The number of hydrogen-bond acceptors (Lipinski definition) is 5.